The number of carbonyl (C=O) groups excluding carboxylic acids is 2. The van der Waals surface area contributed by atoms with E-state index in [1.54, 1.807) is 45.3 Å². The minimum Gasteiger partial charge on any atom is -0.870 e. The van der Waals surface area contributed by atoms with E-state index in [9.17, 15) is 19.5 Å². The Labute approximate surface area is 696 Å². The van der Waals surface area contributed by atoms with Gasteiger partial charge in [-0.3, -0.25) is 14.4 Å². The van der Waals surface area contributed by atoms with Crippen molar-refractivity contribution in [1.29, 1.82) is 0 Å². The minimum absolute atomic E-state index is 0. The molecule has 0 amide bonds. The van der Waals surface area contributed by atoms with Gasteiger partial charge in [-0.25, -0.2) is 6.07 Å². The van der Waals surface area contributed by atoms with Crippen molar-refractivity contribution in [3.8, 4) is 0 Å². The first-order chi connectivity index (χ1) is 46.8. The van der Waals surface area contributed by atoms with Gasteiger partial charge in [0, 0.05) is 84.0 Å². The van der Waals surface area contributed by atoms with Crippen molar-refractivity contribution in [2.45, 2.75) is 147 Å². The van der Waals surface area contributed by atoms with E-state index in [2.05, 4.69) is 213 Å². The summed E-state index contributed by atoms with van der Waals surface area (Å²) in [5, 5.41) is 33.6. The number of carboxylic acids is 1. The average molecular weight is 1650 g/mol. The SMILES string of the molecule is CCOC(=O)C1CCCN(CCC=C(c2sccc2C)c2sccc2C)C1.CCOC(=O)C1CCCNC1.Cc1[c-]scc1.Cc1ccsc1Br.Cc1ccsc1C(=CCCBr)c1sccc1C.Cc1ccsc1C(=CCCN1CCCC(C(=O)O)C1)c1sccc1C.O.[CH2-]CCC.[Li+].[Li+].[Li+].[OH-]. The number of halogens is 2. The topological polar surface area (TPSA) is 170 Å². The average Bonchev–Trinajstić information content (AvgIpc) is 1.68. The summed E-state index contributed by atoms with van der Waals surface area (Å²) < 4.78 is 11.4. The first-order valence-electron chi connectivity index (χ1n) is 33.9. The number of hydrogen-bond acceptors (Lipinski definition) is 17. The molecule has 3 atom stereocenters. The molecule has 3 unspecified atom stereocenters. The molecule has 546 valence electrons. The Bertz CT molecular complexity index is 3470. The number of esters is 2. The van der Waals surface area contributed by atoms with Crippen molar-refractivity contribution in [2.75, 3.05) is 70.9 Å². The van der Waals surface area contributed by atoms with Crippen LogP contribution in [0.4, 0.5) is 0 Å². The number of nitrogens with one attached hydrogen (secondary N) is 1. The van der Waals surface area contributed by atoms with E-state index in [-0.39, 0.29) is 97.2 Å². The molecule has 0 radical (unpaired) electrons. The van der Waals surface area contributed by atoms with Gasteiger partial charge in [-0.2, -0.15) is 17.4 Å². The molecule has 5 N–H and O–H groups in total. The van der Waals surface area contributed by atoms with Crippen molar-refractivity contribution in [3.05, 3.63) is 200 Å². The molecule has 8 aromatic heterocycles. The molecule has 0 bridgehead atoms. The van der Waals surface area contributed by atoms with Crippen molar-refractivity contribution < 1.29 is 96.5 Å². The van der Waals surface area contributed by atoms with Gasteiger partial charge in [0.1, 0.15) is 0 Å². The zero-order chi connectivity index (χ0) is 70.5. The maximum Gasteiger partial charge on any atom is 1.00 e. The Kier molecular flexibility index (Phi) is 55.7. The number of aliphatic carboxylic acids is 1. The third kappa shape index (κ3) is 35.0. The summed E-state index contributed by atoms with van der Waals surface area (Å²) in [7, 11) is 0. The van der Waals surface area contributed by atoms with E-state index in [0.29, 0.717) is 19.8 Å². The van der Waals surface area contributed by atoms with Crippen LogP contribution in [0.5, 0.6) is 0 Å². The van der Waals surface area contributed by atoms with Gasteiger partial charge in [0.25, 0.3) is 0 Å². The fraction of sp³-hybridized carbons (Fsp3) is 0.462. The van der Waals surface area contributed by atoms with Gasteiger partial charge in [0.05, 0.1) is 34.8 Å². The van der Waals surface area contributed by atoms with E-state index in [1.807, 2.05) is 77.6 Å². The van der Waals surface area contributed by atoms with Crippen molar-refractivity contribution in [2.24, 2.45) is 17.8 Å². The van der Waals surface area contributed by atoms with E-state index in [0.717, 1.165) is 115 Å². The first kappa shape index (κ1) is 99.8. The number of thiophene rings is 8. The largest absolute Gasteiger partial charge is 1.00 e. The summed E-state index contributed by atoms with van der Waals surface area (Å²) in [6.45, 7) is 35.0. The number of piperidine rings is 3. The molecule has 3 aliphatic rings. The van der Waals surface area contributed by atoms with Gasteiger partial charge >= 0.3 is 74.5 Å². The molecule has 11 rings (SSSR count). The third-order valence-electron chi connectivity index (χ3n) is 16.3. The zero-order valence-corrected chi connectivity index (χ0v) is 72.5. The predicted molar refractivity (Wildman–Crippen MR) is 439 cm³/mol. The number of carboxylic acid groups (broad SMARTS) is 1. The summed E-state index contributed by atoms with van der Waals surface area (Å²) in [6, 6.07) is 17.3. The summed E-state index contributed by atoms with van der Waals surface area (Å²) in [5.41, 5.74) is 14.8. The van der Waals surface area contributed by atoms with Crippen molar-refractivity contribution >= 4 is 157 Å². The van der Waals surface area contributed by atoms with Crippen LogP contribution in [0.1, 0.15) is 165 Å². The van der Waals surface area contributed by atoms with Crippen LogP contribution >= 0.6 is 123 Å². The number of hydrogen-bond donors (Lipinski definition) is 2. The number of rotatable bonds is 20. The molecule has 3 aliphatic heterocycles. The second-order valence-electron chi connectivity index (χ2n) is 24.1. The number of aryl methyl sites for hydroxylation is 8. The van der Waals surface area contributed by atoms with E-state index < -0.39 is 5.97 Å². The summed E-state index contributed by atoms with van der Waals surface area (Å²) in [5.74, 6) is -0.771. The number of carbonyl (C=O) groups is 3. The van der Waals surface area contributed by atoms with Gasteiger partial charge in [-0.05, 0) is 275 Å². The Morgan fingerprint density at radius 1 is 0.549 bits per heavy atom. The molecule has 0 saturated carbocycles. The Balaban J connectivity index is 0.00000125. The maximum absolute atomic E-state index is 12.1. The smallest absolute Gasteiger partial charge is 0.870 e. The monoisotopic (exact) mass is 1650 g/mol. The van der Waals surface area contributed by atoms with E-state index in [1.165, 1.54) is 101 Å². The van der Waals surface area contributed by atoms with Gasteiger partial charge in [0.2, 0.25) is 0 Å². The molecule has 3 fully saturated rings. The molecule has 8 aromatic rings. The van der Waals surface area contributed by atoms with Crippen LogP contribution in [-0.2, 0) is 23.9 Å². The molecular weight excluding hydrogens is 1540 g/mol. The van der Waals surface area contributed by atoms with Crippen LogP contribution in [0.25, 0.3) is 16.7 Å². The van der Waals surface area contributed by atoms with Crippen LogP contribution in [0.15, 0.2) is 114 Å². The first-order valence-corrected chi connectivity index (χ1v) is 42.9. The molecule has 3 saturated heterocycles. The molecule has 0 aromatic carbocycles. The van der Waals surface area contributed by atoms with Crippen molar-refractivity contribution in [3.63, 3.8) is 0 Å². The quantitative estimate of drug-likeness (QED) is 0.0324. The van der Waals surface area contributed by atoms with Crippen LogP contribution < -0.4 is 61.9 Å². The Hall–Kier alpha value is -2.22. The molecule has 11 heterocycles. The number of ether oxygens (including phenoxy) is 2. The number of alkyl halides is 1. The number of unbranched alkanes of at least 4 members (excludes halogenated alkanes) is 1. The van der Waals surface area contributed by atoms with Crippen LogP contribution in [0.3, 0.4) is 0 Å². The van der Waals surface area contributed by atoms with Gasteiger partial charge in [-0.15, -0.1) is 84.7 Å². The fourth-order valence-electron chi connectivity index (χ4n) is 10.9. The summed E-state index contributed by atoms with van der Waals surface area (Å²) >= 11 is 21.2. The second-order valence-corrected chi connectivity index (χ2v) is 33.3. The molecule has 0 spiro atoms. The van der Waals surface area contributed by atoms with E-state index in [4.69, 9.17) is 9.47 Å². The molecule has 102 heavy (non-hydrogen) atoms. The normalized spacial score (nSPS) is 15.0. The molecule has 0 aliphatic carbocycles. The number of allylic oxidation sites excluding steroid dienone is 1. The van der Waals surface area contributed by atoms with Crippen LogP contribution in [0, 0.1) is 85.4 Å². The Morgan fingerprint density at radius 3 is 1.17 bits per heavy atom. The molecule has 24 heteroatoms. The number of nitrogens with zero attached hydrogens (tertiary/aromatic N) is 2. The summed E-state index contributed by atoms with van der Waals surface area (Å²) in [4.78, 5) is 47.4. The predicted octanol–water partition coefficient (Wildman–Crippen LogP) is 13.1. The maximum atomic E-state index is 12.1. The van der Waals surface area contributed by atoms with E-state index >= 15 is 0 Å². The standard InChI is InChI=1S/C22H29NO2S2.C20H25NO2S2.C14H15BrS2.C8H15NO2.C5H5BrS.C5H5S.C4H9.3Li.2H2O/c1-4-25-22(24)18-7-5-11-23(15-18)12-6-8-19(20-16(2)9-13-26-20)21-17(3)10-14-27-21;1-14-7-11-24-18(14)17(19-15(2)8-12-25-19)6-4-10-21-9-3-5-16(13-21)20(22)23;1-10-5-8-16-13(10)12(4-3-7-15)14-11(2)6-9-17-14;1-2-11-8(10)7-4-3-5-9-6-7;1-4-2-3-7-5(4)6;1-5-2-3-6-4-5;1-3-4-2;;;;;/h8-10,13-14,18H,4-7,11-12,15H2,1-3H3;6-8,11-12,16H,3-5,9-10,13H2,1-2H3,(H,22,23);4-6,8-9H,3,7H2,1-2H3;7,9H,2-6H2,1H3;2-3H,1H3;2-3H,1H3;1,3-4H2,2H3;;;;2*1H2/q;;;;;2*-1;3*+1;;/p-1. The van der Waals surface area contributed by atoms with Gasteiger partial charge in [-0.1, -0.05) is 54.4 Å². The molecule has 11 nitrogen and oxygen atoms in total. The fourth-order valence-corrected chi connectivity index (χ4v) is 18.8. The second kappa shape index (κ2) is 56.9. The summed E-state index contributed by atoms with van der Waals surface area (Å²) in [6.07, 6.45) is 18.3. The van der Waals surface area contributed by atoms with Gasteiger partial charge < -0.3 is 58.9 Å². The van der Waals surface area contributed by atoms with Crippen molar-refractivity contribution in [1.82, 2.24) is 15.1 Å². The third-order valence-corrected chi connectivity index (χ3v) is 25.8. The number of likely N-dealkylation sites (tertiary alicyclic amines) is 2. The van der Waals surface area contributed by atoms with Crippen LogP contribution in [-0.4, -0.2) is 115 Å². The Morgan fingerprint density at radius 2 is 0.902 bits per heavy atom. The zero-order valence-electron chi connectivity index (χ0n) is 62.8. The van der Waals surface area contributed by atoms with Crippen LogP contribution in [0.2, 0.25) is 0 Å². The van der Waals surface area contributed by atoms with Gasteiger partial charge in [0.15, 0.2) is 0 Å². The molecular formula is C78H106Br2Li3N3O8S8. The minimum atomic E-state index is -0.649.